The number of nitrogens with two attached hydrogens (primary N) is 1. The summed E-state index contributed by atoms with van der Waals surface area (Å²) < 4.78 is 5.37. The molecule has 1 aliphatic rings. The van der Waals surface area contributed by atoms with Crippen molar-refractivity contribution in [2.75, 3.05) is 5.73 Å². The molecule has 0 fully saturated rings. The van der Waals surface area contributed by atoms with Gasteiger partial charge in [-0.2, -0.15) is 4.98 Å². The van der Waals surface area contributed by atoms with Gasteiger partial charge in [-0.05, 0) is 36.1 Å². The van der Waals surface area contributed by atoms with E-state index in [4.69, 9.17) is 10.3 Å². The van der Waals surface area contributed by atoms with Crippen LogP contribution < -0.4 is 5.73 Å². The second-order valence-corrected chi connectivity index (χ2v) is 5.30. The molecule has 2 aromatic heterocycles. The fourth-order valence-electron chi connectivity index (χ4n) is 2.84. The highest BCUT2D eigenvalue weighted by atomic mass is 16.5. The highest BCUT2D eigenvalue weighted by Crippen LogP contribution is 2.33. The van der Waals surface area contributed by atoms with Crippen LogP contribution in [0.3, 0.4) is 0 Å². The standard InChI is InChI=1S/C16H14N4O/c17-14-9-12(5-6-18-14)16-19-15(20-21-16)13-7-10-3-1-2-4-11(10)8-13/h1-6,9,13H,7-8H2,(H2,17,18). The van der Waals surface area contributed by atoms with Crippen LogP contribution in [-0.2, 0) is 12.8 Å². The van der Waals surface area contributed by atoms with Crippen LogP contribution in [0.1, 0.15) is 22.9 Å². The van der Waals surface area contributed by atoms with Gasteiger partial charge in [0.25, 0.3) is 5.89 Å². The molecule has 0 radical (unpaired) electrons. The van der Waals surface area contributed by atoms with E-state index >= 15 is 0 Å². The molecule has 5 heteroatoms. The average Bonchev–Trinajstić information content (AvgIpc) is 3.14. The van der Waals surface area contributed by atoms with E-state index in [0.29, 0.717) is 17.6 Å². The number of anilines is 1. The van der Waals surface area contributed by atoms with Gasteiger partial charge in [0.1, 0.15) is 5.82 Å². The second-order valence-electron chi connectivity index (χ2n) is 5.30. The lowest BCUT2D eigenvalue weighted by atomic mass is 10.1. The molecule has 0 aliphatic heterocycles. The number of fused-ring (bicyclic) bond motifs is 1. The number of nitrogens with zero attached hydrogens (tertiary/aromatic N) is 3. The van der Waals surface area contributed by atoms with Crippen molar-refractivity contribution in [3.63, 3.8) is 0 Å². The third kappa shape index (κ3) is 2.16. The molecule has 2 N–H and O–H groups in total. The lowest BCUT2D eigenvalue weighted by Gasteiger charge is -2.00. The van der Waals surface area contributed by atoms with E-state index in [0.717, 1.165) is 24.2 Å². The van der Waals surface area contributed by atoms with Gasteiger partial charge in [0.2, 0.25) is 0 Å². The van der Waals surface area contributed by atoms with Crippen LogP contribution in [0.2, 0.25) is 0 Å². The Labute approximate surface area is 121 Å². The molecule has 0 bridgehead atoms. The smallest absolute Gasteiger partial charge is 0.258 e. The Kier molecular flexibility index (Phi) is 2.70. The van der Waals surface area contributed by atoms with Crippen molar-refractivity contribution in [3.8, 4) is 11.5 Å². The van der Waals surface area contributed by atoms with Crippen molar-refractivity contribution in [1.29, 1.82) is 0 Å². The minimum Gasteiger partial charge on any atom is -0.384 e. The highest BCUT2D eigenvalue weighted by molar-refractivity contribution is 5.56. The molecular formula is C16H14N4O. The Balaban J connectivity index is 1.62. The summed E-state index contributed by atoms with van der Waals surface area (Å²) in [4.78, 5) is 8.49. The van der Waals surface area contributed by atoms with E-state index in [9.17, 15) is 0 Å². The monoisotopic (exact) mass is 278 g/mol. The van der Waals surface area contributed by atoms with Crippen molar-refractivity contribution < 1.29 is 4.52 Å². The summed E-state index contributed by atoms with van der Waals surface area (Å²) >= 11 is 0. The highest BCUT2D eigenvalue weighted by Gasteiger charge is 2.26. The number of rotatable bonds is 2. The molecule has 1 aliphatic carbocycles. The Morgan fingerprint density at radius 1 is 1.10 bits per heavy atom. The molecule has 0 saturated carbocycles. The summed E-state index contributed by atoms with van der Waals surface area (Å²) in [5.41, 5.74) is 9.24. The van der Waals surface area contributed by atoms with Crippen LogP contribution in [0.25, 0.3) is 11.5 Å². The first-order valence-electron chi connectivity index (χ1n) is 6.92. The molecule has 0 unspecified atom stereocenters. The van der Waals surface area contributed by atoms with Crippen LogP contribution in [-0.4, -0.2) is 15.1 Å². The molecule has 4 rings (SSSR count). The molecule has 2 heterocycles. The predicted molar refractivity (Wildman–Crippen MR) is 78.5 cm³/mol. The Hall–Kier alpha value is -2.69. The number of nitrogen functional groups attached to an aromatic ring is 1. The largest absolute Gasteiger partial charge is 0.384 e. The lowest BCUT2D eigenvalue weighted by molar-refractivity contribution is 0.416. The van der Waals surface area contributed by atoms with E-state index in [1.54, 1.807) is 12.3 Å². The third-order valence-electron chi connectivity index (χ3n) is 3.89. The molecule has 0 atom stereocenters. The number of pyridine rings is 1. The maximum Gasteiger partial charge on any atom is 0.258 e. The normalized spacial score (nSPS) is 14.3. The van der Waals surface area contributed by atoms with Crippen molar-refractivity contribution >= 4 is 5.82 Å². The van der Waals surface area contributed by atoms with E-state index in [1.165, 1.54) is 11.1 Å². The molecule has 0 spiro atoms. The molecule has 3 aromatic rings. The zero-order valence-corrected chi connectivity index (χ0v) is 11.4. The van der Waals surface area contributed by atoms with Crippen LogP contribution in [0.15, 0.2) is 47.1 Å². The third-order valence-corrected chi connectivity index (χ3v) is 3.89. The number of aromatic nitrogens is 3. The maximum absolute atomic E-state index is 5.68. The zero-order valence-electron chi connectivity index (χ0n) is 11.4. The van der Waals surface area contributed by atoms with Crippen molar-refractivity contribution in [3.05, 3.63) is 59.5 Å². The minimum atomic E-state index is 0.291. The lowest BCUT2D eigenvalue weighted by Crippen LogP contribution is -2.00. The summed E-state index contributed by atoms with van der Waals surface area (Å²) in [6.07, 6.45) is 3.57. The van der Waals surface area contributed by atoms with Crippen molar-refractivity contribution in [1.82, 2.24) is 15.1 Å². The van der Waals surface area contributed by atoms with Crippen LogP contribution in [0, 0.1) is 0 Å². The van der Waals surface area contributed by atoms with Gasteiger partial charge in [-0.15, -0.1) is 0 Å². The van der Waals surface area contributed by atoms with Crippen molar-refractivity contribution in [2.24, 2.45) is 0 Å². The molecule has 1 aromatic carbocycles. The summed E-state index contributed by atoms with van der Waals surface area (Å²) in [5.74, 6) is 1.99. The maximum atomic E-state index is 5.68. The molecule has 0 amide bonds. The average molecular weight is 278 g/mol. The number of benzene rings is 1. The Morgan fingerprint density at radius 2 is 1.86 bits per heavy atom. The summed E-state index contributed by atoms with van der Waals surface area (Å²) in [6.45, 7) is 0. The van der Waals surface area contributed by atoms with Crippen molar-refractivity contribution in [2.45, 2.75) is 18.8 Å². The van der Waals surface area contributed by atoms with Gasteiger partial charge in [0.15, 0.2) is 5.82 Å². The molecule has 0 saturated heterocycles. The van der Waals surface area contributed by atoms with Gasteiger partial charge in [-0.3, -0.25) is 0 Å². The van der Waals surface area contributed by atoms with Crippen LogP contribution in [0.4, 0.5) is 5.82 Å². The zero-order chi connectivity index (χ0) is 14.2. The second kappa shape index (κ2) is 4.70. The van der Waals surface area contributed by atoms with Gasteiger partial charge < -0.3 is 10.3 Å². The van der Waals surface area contributed by atoms with Gasteiger partial charge >= 0.3 is 0 Å². The summed E-state index contributed by atoms with van der Waals surface area (Å²) in [5, 5.41) is 4.14. The number of hydrogen-bond acceptors (Lipinski definition) is 5. The topological polar surface area (TPSA) is 77.8 Å². The van der Waals surface area contributed by atoms with E-state index in [2.05, 4.69) is 39.4 Å². The fraction of sp³-hybridized carbons (Fsp3) is 0.188. The van der Waals surface area contributed by atoms with Gasteiger partial charge in [0.05, 0.1) is 0 Å². The fourth-order valence-corrected chi connectivity index (χ4v) is 2.84. The van der Waals surface area contributed by atoms with Crippen LogP contribution in [0.5, 0.6) is 0 Å². The predicted octanol–water partition coefficient (Wildman–Crippen LogP) is 2.60. The summed E-state index contributed by atoms with van der Waals surface area (Å²) in [7, 11) is 0. The quantitative estimate of drug-likeness (QED) is 0.779. The molecular weight excluding hydrogens is 264 g/mol. The van der Waals surface area contributed by atoms with Gasteiger partial charge in [-0.25, -0.2) is 4.98 Å². The Bertz CT molecular complexity index is 771. The van der Waals surface area contributed by atoms with E-state index < -0.39 is 0 Å². The van der Waals surface area contributed by atoms with Crippen LogP contribution >= 0.6 is 0 Å². The molecule has 5 nitrogen and oxygen atoms in total. The summed E-state index contributed by atoms with van der Waals surface area (Å²) in [6, 6.07) is 12.0. The SMILES string of the molecule is Nc1cc(-c2nc(C3Cc4ccccc4C3)no2)ccn1. The van der Waals surface area contributed by atoms with E-state index in [1.807, 2.05) is 6.07 Å². The first kappa shape index (κ1) is 12.1. The number of hydrogen-bond donors (Lipinski definition) is 1. The Morgan fingerprint density at radius 3 is 2.57 bits per heavy atom. The van der Waals surface area contributed by atoms with Gasteiger partial charge in [0, 0.05) is 17.7 Å². The first-order chi connectivity index (χ1) is 10.3. The van der Waals surface area contributed by atoms with Gasteiger partial charge in [-0.1, -0.05) is 29.4 Å². The minimum absolute atomic E-state index is 0.291. The molecule has 21 heavy (non-hydrogen) atoms. The first-order valence-corrected chi connectivity index (χ1v) is 6.92. The van der Waals surface area contributed by atoms with E-state index in [-0.39, 0.29) is 0 Å². The molecule has 104 valence electrons.